The molecule has 0 unspecified atom stereocenters. The summed E-state index contributed by atoms with van der Waals surface area (Å²) in [5, 5.41) is 0.977. The van der Waals surface area contributed by atoms with Crippen LogP contribution in [0.4, 0.5) is 0 Å². The second-order valence-corrected chi connectivity index (χ2v) is 2.91. The van der Waals surface area contributed by atoms with Crippen molar-refractivity contribution in [2.45, 2.75) is 13.8 Å². The molecule has 0 radical (unpaired) electrons. The summed E-state index contributed by atoms with van der Waals surface area (Å²) in [6.07, 6.45) is 3.50. The molecule has 3 N–H and O–H groups in total. The van der Waals surface area contributed by atoms with Crippen LogP contribution in [-0.4, -0.2) is 15.0 Å². The molecule has 0 saturated heterocycles. The fraction of sp³-hybridized carbons (Fsp3) is 0.200. The van der Waals surface area contributed by atoms with E-state index in [0.29, 0.717) is 4.99 Å². The number of nitrogens with one attached hydrogen (secondary N) is 1. The molecule has 0 aromatic carbocycles. The highest BCUT2D eigenvalue weighted by Gasteiger charge is 2.04. The summed E-state index contributed by atoms with van der Waals surface area (Å²) in [5.41, 5.74) is 7.18. The van der Waals surface area contributed by atoms with Crippen molar-refractivity contribution < 1.29 is 0 Å². The highest BCUT2D eigenvalue weighted by molar-refractivity contribution is 7.80. The first-order chi connectivity index (χ1) is 6.79. The maximum absolute atomic E-state index is 5.51. The molecular weight excluding hydrogens is 194 g/mol. The van der Waals surface area contributed by atoms with Crippen molar-refractivity contribution in [2.24, 2.45) is 5.73 Å². The lowest BCUT2D eigenvalue weighted by Crippen LogP contribution is -2.08. The fourth-order valence-corrected chi connectivity index (χ4v) is 1.33. The molecule has 0 spiro atoms. The average molecular weight is 207 g/mol. The summed E-state index contributed by atoms with van der Waals surface area (Å²) >= 11 is 4.87. The van der Waals surface area contributed by atoms with Crippen molar-refractivity contribution in [1.29, 1.82) is 0 Å². The Morgan fingerprint density at radius 3 is 2.86 bits per heavy atom. The van der Waals surface area contributed by atoms with Gasteiger partial charge >= 0.3 is 0 Å². The zero-order chi connectivity index (χ0) is 10.6. The number of fused-ring (bicyclic) bond motifs is 1. The lowest BCUT2D eigenvalue weighted by atomic mass is 10.2. The van der Waals surface area contributed by atoms with Crippen LogP contribution in [0.1, 0.15) is 19.4 Å². The van der Waals surface area contributed by atoms with E-state index in [1.165, 1.54) is 0 Å². The lowest BCUT2D eigenvalue weighted by Gasteiger charge is -1.92. The van der Waals surface area contributed by atoms with Crippen molar-refractivity contribution in [1.82, 2.24) is 9.97 Å². The Morgan fingerprint density at radius 2 is 2.21 bits per heavy atom. The van der Waals surface area contributed by atoms with E-state index in [9.17, 15) is 0 Å². The van der Waals surface area contributed by atoms with Crippen LogP contribution >= 0.6 is 12.2 Å². The highest BCUT2D eigenvalue weighted by Crippen LogP contribution is 2.14. The molecule has 74 valence electrons. The molecule has 0 amide bonds. The van der Waals surface area contributed by atoms with Crippen LogP contribution in [-0.2, 0) is 0 Å². The van der Waals surface area contributed by atoms with Gasteiger partial charge in [-0.05, 0) is 12.1 Å². The van der Waals surface area contributed by atoms with Crippen LogP contribution in [0.5, 0.6) is 0 Å². The molecule has 0 aliphatic carbocycles. The second-order valence-electron chi connectivity index (χ2n) is 2.47. The van der Waals surface area contributed by atoms with Crippen LogP contribution in [0.15, 0.2) is 24.5 Å². The Hall–Kier alpha value is -1.42. The number of aromatic nitrogens is 2. The number of hydrogen-bond donors (Lipinski definition) is 2. The van der Waals surface area contributed by atoms with Crippen LogP contribution < -0.4 is 5.73 Å². The van der Waals surface area contributed by atoms with Gasteiger partial charge in [0.25, 0.3) is 0 Å². The van der Waals surface area contributed by atoms with E-state index in [-0.39, 0.29) is 0 Å². The molecule has 2 aromatic rings. The number of hydrogen-bond acceptors (Lipinski definition) is 2. The van der Waals surface area contributed by atoms with Crippen LogP contribution in [0.25, 0.3) is 11.0 Å². The van der Waals surface area contributed by atoms with E-state index in [1.54, 1.807) is 12.4 Å². The second kappa shape index (κ2) is 4.72. The zero-order valence-corrected chi connectivity index (χ0v) is 9.06. The Balaban J connectivity index is 0.000000461. The molecular formula is C10H13N3S. The maximum atomic E-state index is 5.51. The Bertz CT molecular complexity index is 434. The standard InChI is InChI=1S/C8H7N3S.C2H6/c9-7(12)6-4-11-8-5(6)2-1-3-10-8;1-2/h1-4H,(H2,9,12)(H,10,11);1-2H3. The summed E-state index contributed by atoms with van der Waals surface area (Å²) in [7, 11) is 0. The minimum atomic E-state index is 0.397. The predicted octanol–water partition coefficient (Wildman–Crippen LogP) is 2.22. The normalized spacial score (nSPS) is 9.29. The van der Waals surface area contributed by atoms with Gasteiger partial charge in [0.15, 0.2) is 0 Å². The number of H-pyrrole nitrogens is 1. The van der Waals surface area contributed by atoms with Gasteiger partial charge in [0.1, 0.15) is 10.6 Å². The number of pyridine rings is 1. The van der Waals surface area contributed by atoms with E-state index in [2.05, 4.69) is 9.97 Å². The molecule has 2 heterocycles. The third-order valence-corrected chi connectivity index (χ3v) is 1.94. The quantitative estimate of drug-likeness (QED) is 0.705. The molecule has 4 heteroatoms. The molecule has 2 aromatic heterocycles. The summed E-state index contributed by atoms with van der Waals surface area (Å²) in [6.45, 7) is 4.00. The van der Waals surface area contributed by atoms with E-state index < -0.39 is 0 Å². The minimum absolute atomic E-state index is 0.397. The number of nitrogens with two attached hydrogens (primary N) is 1. The minimum Gasteiger partial charge on any atom is -0.389 e. The Kier molecular flexibility index (Phi) is 3.59. The first-order valence-electron chi connectivity index (χ1n) is 4.51. The summed E-state index contributed by atoms with van der Waals surface area (Å²) in [5.74, 6) is 0. The Morgan fingerprint density at radius 1 is 1.50 bits per heavy atom. The molecule has 0 saturated carbocycles. The van der Waals surface area contributed by atoms with E-state index in [4.69, 9.17) is 18.0 Å². The molecule has 0 bridgehead atoms. The van der Waals surface area contributed by atoms with Gasteiger partial charge in [-0.2, -0.15) is 0 Å². The lowest BCUT2D eigenvalue weighted by molar-refractivity contribution is 1.33. The molecule has 14 heavy (non-hydrogen) atoms. The van der Waals surface area contributed by atoms with Gasteiger partial charge in [-0.1, -0.05) is 26.1 Å². The smallest absolute Gasteiger partial charge is 0.137 e. The third-order valence-electron chi connectivity index (χ3n) is 1.72. The van der Waals surface area contributed by atoms with Gasteiger partial charge in [0.2, 0.25) is 0 Å². The monoisotopic (exact) mass is 207 g/mol. The van der Waals surface area contributed by atoms with Crippen molar-refractivity contribution in [2.75, 3.05) is 0 Å². The van der Waals surface area contributed by atoms with Gasteiger partial charge < -0.3 is 10.7 Å². The van der Waals surface area contributed by atoms with Crippen molar-refractivity contribution >= 4 is 28.2 Å². The number of rotatable bonds is 1. The first-order valence-corrected chi connectivity index (χ1v) is 4.92. The molecule has 0 atom stereocenters. The summed E-state index contributed by atoms with van der Waals surface area (Å²) in [6, 6.07) is 3.80. The van der Waals surface area contributed by atoms with Gasteiger partial charge in [-0.3, -0.25) is 0 Å². The van der Waals surface area contributed by atoms with Crippen LogP contribution in [0, 0.1) is 0 Å². The molecule has 0 aliphatic rings. The Labute approximate surface area is 88.3 Å². The van der Waals surface area contributed by atoms with Crippen LogP contribution in [0.3, 0.4) is 0 Å². The first kappa shape index (κ1) is 10.7. The van der Waals surface area contributed by atoms with Gasteiger partial charge in [0.05, 0.1) is 0 Å². The fourth-order valence-electron chi connectivity index (χ4n) is 1.16. The number of aromatic amines is 1. The summed E-state index contributed by atoms with van der Waals surface area (Å²) < 4.78 is 0. The van der Waals surface area contributed by atoms with Gasteiger partial charge in [0, 0.05) is 23.3 Å². The van der Waals surface area contributed by atoms with Crippen LogP contribution in [0.2, 0.25) is 0 Å². The van der Waals surface area contributed by atoms with E-state index in [1.807, 2.05) is 26.0 Å². The zero-order valence-electron chi connectivity index (χ0n) is 8.24. The maximum Gasteiger partial charge on any atom is 0.137 e. The number of thiocarbonyl (C=S) groups is 1. The molecule has 0 fully saturated rings. The topological polar surface area (TPSA) is 54.7 Å². The largest absolute Gasteiger partial charge is 0.389 e. The molecule has 2 rings (SSSR count). The number of nitrogens with zero attached hydrogens (tertiary/aromatic N) is 1. The molecule has 0 aliphatic heterocycles. The van der Waals surface area contributed by atoms with E-state index in [0.717, 1.165) is 16.6 Å². The third kappa shape index (κ3) is 1.90. The van der Waals surface area contributed by atoms with Gasteiger partial charge in [-0.25, -0.2) is 4.98 Å². The van der Waals surface area contributed by atoms with Crippen molar-refractivity contribution in [3.05, 3.63) is 30.1 Å². The van der Waals surface area contributed by atoms with Crippen molar-refractivity contribution in [3.63, 3.8) is 0 Å². The highest BCUT2D eigenvalue weighted by atomic mass is 32.1. The molecule has 3 nitrogen and oxygen atoms in total. The average Bonchev–Trinajstić information content (AvgIpc) is 2.64. The van der Waals surface area contributed by atoms with Gasteiger partial charge in [-0.15, -0.1) is 0 Å². The SMILES string of the molecule is CC.NC(=S)c1c[nH]c2ncccc12. The van der Waals surface area contributed by atoms with E-state index >= 15 is 0 Å². The summed E-state index contributed by atoms with van der Waals surface area (Å²) in [4.78, 5) is 7.50. The predicted molar refractivity (Wildman–Crippen MR) is 63.3 cm³/mol. The van der Waals surface area contributed by atoms with Crippen molar-refractivity contribution in [3.8, 4) is 0 Å².